The van der Waals surface area contributed by atoms with Gasteiger partial charge in [-0.3, -0.25) is 9.59 Å². The maximum absolute atomic E-state index is 12.8. The predicted molar refractivity (Wildman–Crippen MR) is 111 cm³/mol. The molecule has 0 aliphatic carbocycles. The second-order valence-corrected chi connectivity index (χ2v) is 6.53. The third-order valence-electron chi connectivity index (χ3n) is 4.14. The number of carbonyl (C=O) groups is 2. The molecule has 0 radical (unpaired) electrons. The van der Waals surface area contributed by atoms with Crippen molar-refractivity contribution in [1.82, 2.24) is 4.98 Å². The van der Waals surface area contributed by atoms with Crippen molar-refractivity contribution < 1.29 is 32.4 Å². The number of carbonyl (C=O) groups excluding carboxylic acids is 2. The van der Waals surface area contributed by atoms with Crippen molar-refractivity contribution in [2.45, 2.75) is 6.18 Å². The van der Waals surface area contributed by atoms with Gasteiger partial charge >= 0.3 is 12.0 Å². The van der Waals surface area contributed by atoms with E-state index >= 15 is 0 Å². The first-order chi connectivity index (χ1) is 15.6. The van der Waals surface area contributed by atoms with Crippen molar-refractivity contribution in [3.05, 3.63) is 88.1 Å². The van der Waals surface area contributed by atoms with Gasteiger partial charge in [0.25, 0.3) is 11.8 Å². The molecule has 2 N–H and O–H groups in total. The summed E-state index contributed by atoms with van der Waals surface area (Å²) in [7, 11) is 0. The van der Waals surface area contributed by atoms with Gasteiger partial charge in [0.05, 0.1) is 5.56 Å². The minimum Gasteiger partial charge on any atom is -0.476 e. The topological polar surface area (TPSA) is 123 Å². The lowest BCUT2D eigenvalue weighted by atomic mass is 10.1. The van der Waals surface area contributed by atoms with Crippen LogP contribution in [0.3, 0.4) is 0 Å². The highest BCUT2D eigenvalue weighted by molar-refractivity contribution is 6.05. The van der Waals surface area contributed by atoms with Gasteiger partial charge in [-0.2, -0.15) is 13.2 Å². The smallest absolute Gasteiger partial charge is 0.416 e. The van der Waals surface area contributed by atoms with Crippen LogP contribution in [-0.4, -0.2) is 28.3 Å². The predicted octanol–water partition coefficient (Wildman–Crippen LogP) is 4.28. The molecule has 12 heteroatoms. The first-order valence-corrected chi connectivity index (χ1v) is 9.24. The molecule has 1 aromatic heterocycles. The summed E-state index contributed by atoms with van der Waals surface area (Å²) < 4.78 is 43.6. The third kappa shape index (κ3) is 6.26. The van der Waals surface area contributed by atoms with E-state index in [4.69, 9.17) is 4.74 Å². The van der Waals surface area contributed by atoms with Crippen molar-refractivity contribution in [3.8, 4) is 5.75 Å². The number of alkyl halides is 3. The van der Waals surface area contributed by atoms with Gasteiger partial charge in [-0.15, -0.1) is 0 Å². The Bertz CT molecular complexity index is 1200. The number of amides is 2. The Kier molecular flexibility index (Phi) is 6.86. The fourth-order valence-electron chi connectivity index (χ4n) is 2.69. The molecule has 1 heterocycles. The van der Waals surface area contributed by atoms with E-state index in [1.807, 2.05) is 0 Å². The molecule has 2 aromatic carbocycles. The number of hydrogen-bond donors (Lipinski definition) is 2. The van der Waals surface area contributed by atoms with Gasteiger partial charge in [0.1, 0.15) is 6.20 Å². The first kappa shape index (κ1) is 23.2. The molecule has 0 bridgehead atoms. The Labute approximate surface area is 184 Å². The number of benzene rings is 2. The van der Waals surface area contributed by atoms with Crippen LogP contribution in [0.25, 0.3) is 0 Å². The van der Waals surface area contributed by atoms with Crippen LogP contribution in [0.5, 0.6) is 5.75 Å². The van der Waals surface area contributed by atoms with Crippen molar-refractivity contribution in [1.29, 1.82) is 0 Å². The Morgan fingerprint density at radius 2 is 1.70 bits per heavy atom. The first-order valence-electron chi connectivity index (χ1n) is 9.24. The standard InChI is InChI=1S/C21H15F3N4O5/c22-21(23,24)14-5-2-7-16(11-14)27-20(30)13-4-1-6-15(10-13)26-18(29)12-33-17-8-3-9-25-19(17)28(31)32/h1-11H,12H2,(H,26,29)(H,27,30). The average molecular weight is 460 g/mol. The summed E-state index contributed by atoms with van der Waals surface area (Å²) >= 11 is 0. The molecule has 0 saturated heterocycles. The monoisotopic (exact) mass is 460 g/mol. The minimum absolute atomic E-state index is 0.0456. The molecule has 2 amide bonds. The number of nitrogens with zero attached hydrogens (tertiary/aromatic N) is 2. The number of halogens is 3. The molecule has 9 nitrogen and oxygen atoms in total. The van der Waals surface area contributed by atoms with Gasteiger partial charge in [0.15, 0.2) is 6.61 Å². The summed E-state index contributed by atoms with van der Waals surface area (Å²) in [5.41, 5.74) is -0.666. The molecule has 0 aliphatic heterocycles. The van der Waals surface area contributed by atoms with E-state index in [1.165, 1.54) is 54.7 Å². The molecule has 0 unspecified atom stereocenters. The second-order valence-electron chi connectivity index (χ2n) is 6.53. The van der Waals surface area contributed by atoms with Gasteiger partial charge in [-0.25, -0.2) is 0 Å². The average Bonchev–Trinajstić information content (AvgIpc) is 2.77. The molecule has 170 valence electrons. The van der Waals surface area contributed by atoms with Gasteiger partial charge in [-0.1, -0.05) is 12.1 Å². The van der Waals surface area contributed by atoms with Crippen molar-refractivity contribution in [3.63, 3.8) is 0 Å². The third-order valence-corrected chi connectivity index (χ3v) is 4.14. The number of nitro groups is 1. The summed E-state index contributed by atoms with van der Waals surface area (Å²) in [6.07, 6.45) is -3.34. The van der Waals surface area contributed by atoms with Crippen molar-refractivity contribution >= 4 is 29.0 Å². The van der Waals surface area contributed by atoms with Gasteiger partial charge in [0, 0.05) is 16.9 Å². The minimum atomic E-state index is -4.55. The van der Waals surface area contributed by atoms with Crippen LogP contribution in [0, 0.1) is 10.1 Å². The number of anilines is 2. The largest absolute Gasteiger partial charge is 0.476 e. The molecule has 3 rings (SSSR count). The molecule has 3 aromatic rings. The SMILES string of the molecule is O=C(COc1cccnc1[N+](=O)[O-])Nc1cccc(C(=O)Nc2cccc(C(F)(F)F)c2)c1. The van der Waals surface area contributed by atoms with Crippen LogP contribution >= 0.6 is 0 Å². The van der Waals surface area contributed by atoms with Gasteiger partial charge < -0.3 is 25.5 Å². The highest BCUT2D eigenvalue weighted by Gasteiger charge is 2.30. The Balaban J connectivity index is 1.63. The van der Waals surface area contributed by atoms with Crippen molar-refractivity contribution in [2.75, 3.05) is 17.2 Å². The Morgan fingerprint density at radius 3 is 2.39 bits per heavy atom. The number of nitrogens with one attached hydrogen (secondary N) is 2. The molecule has 0 spiro atoms. The van der Waals surface area contributed by atoms with Crippen LogP contribution in [0.2, 0.25) is 0 Å². The zero-order valence-electron chi connectivity index (χ0n) is 16.6. The van der Waals surface area contributed by atoms with Crippen LogP contribution in [0.4, 0.5) is 30.4 Å². The molecule has 0 saturated carbocycles. The van der Waals surface area contributed by atoms with Crippen LogP contribution in [0.15, 0.2) is 66.9 Å². The zero-order valence-corrected chi connectivity index (χ0v) is 16.6. The van der Waals surface area contributed by atoms with E-state index in [9.17, 15) is 32.9 Å². The lowest BCUT2D eigenvalue weighted by Crippen LogP contribution is -2.21. The lowest BCUT2D eigenvalue weighted by Gasteiger charge is -2.11. The summed E-state index contributed by atoms with van der Waals surface area (Å²) in [5.74, 6) is -2.08. The van der Waals surface area contributed by atoms with Crippen LogP contribution in [-0.2, 0) is 11.0 Å². The van der Waals surface area contributed by atoms with Gasteiger partial charge in [0.2, 0.25) is 5.75 Å². The molecular formula is C21H15F3N4O5. The highest BCUT2D eigenvalue weighted by Crippen LogP contribution is 2.30. The zero-order chi connectivity index (χ0) is 24.0. The maximum atomic E-state index is 12.8. The number of ether oxygens (including phenoxy) is 1. The van der Waals surface area contributed by atoms with E-state index < -0.39 is 40.9 Å². The Hall–Kier alpha value is -4.48. The fourth-order valence-corrected chi connectivity index (χ4v) is 2.69. The number of rotatable bonds is 7. The summed E-state index contributed by atoms with van der Waals surface area (Å²) in [6.45, 7) is -0.562. The molecule has 0 aliphatic rings. The van der Waals surface area contributed by atoms with E-state index in [-0.39, 0.29) is 22.7 Å². The molecule has 0 atom stereocenters. The summed E-state index contributed by atoms with van der Waals surface area (Å²) in [6, 6.07) is 12.5. The lowest BCUT2D eigenvalue weighted by molar-refractivity contribution is -0.390. The highest BCUT2D eigenvalue weighted by atomic mass is 19.4. The fraction of sp³-hybridized carbons (Fsp3) is 0.0952. The molecule has 0 fully saturated rings. The number of pyridine rings is 1. The molecule has 33 heavy (non-hydrogen) atoms. The van der Waals surface area contributed by atoms with Gasteiger partial charge in [-0.05, 0) is 58.4 Å². The molecular weight excluding hydrogens is 445 g/mol. The summed E-state index contributed by atoms with van der Waals surface area (Å²) in [5, 5.41) is 15.8. The number of hydrogen-bond acceptors (Lipinski definition) is 6. The second kappa shape index (κ2) is 9.77. The van der Waals surface area contributed by atoms with E-state index in [0.717, 1.165) is 12.1 Å². The Morgan fingerprint density at radius 1 is 1.00 bits per heavy atom. The van der Waals surface area contributed by atoms with E-state index in [1.54, 1.807) is 0 Å². The summed E-state index contributed by atoms with van der Waals surface area (Å²) in [4.78, 5) is 38.3. The number of aromatic nitrogens is 1. The van der Waals surface area contributed by atoms with E-state index in [2.05, 4.69) is 15.6 Å². The normalized spacial score (nSPS) is 10.9. The maximum Gasteiger partial charge on any atom is 0.416 e. The van der Waals surface area contributed by atoms with Crippen molar-refractivity contribution in [2.24, 2.45) is 0 Å². The van der Waals surface area contributed by atoms with Crippen LogP contribution in [0.1, 0.15) is 15.9 Å². The van der Waals surface area contributed by atoms with E-state index in [0.29, 0.717) is 0 Å². The van der Waals surface area contributed by atoms with Crippen LogP contribution < -0.4 is 15.4 Å². The quantitative estimate of drug-likeness (QED) is 0.401.